The Morgan fingerprint density at radius 3 is 2.62 bits per heavy atom. The van der Waals surface area contributed by atoms with Gasteiger partial charge in [0.2, 0.25) is 0 Å². The quantitative estimate of drug-likeness (QED) is 0.840. The van der Waals surface area contributed by atoms with E-state index in [1.165, 1.54) is 19.3 Å². The first-order valence-electron chi connectivity index (χ1n) is 7.36. The van der Waals surface area contributed by atoms with E-state index in [1.807, 2.05) is 16.8 Å². The van der Waals surface area contributed by atoms with Crippen LogP contribution in [0.25, 0.3) is 0 Å². The molecule has 0 aliphatic heterocycles. The highest BCUT2D eigenvalue weighted by Gasteiger charge is 2.28. The minimum absolute atomic E-state index is 0. The Morgan fingerprint density at radius 1 is 1.43 bits per heavy atom. The van der Waals surface area contributed by atoms with Crippen molar-refractivity contribution in [1.29, 1.82) is 0 Å². The summed E-state index contributed by atoms with van der Waals surface area (Å²) in [7, 11) is 0. The zero-order valence-electron chi connectivity index (χ0n) is 12.7. The van der Waals surface area contributed by atoms with Gasteiger partial charge in [-0.3, -0.25) is 4.79 Å². The summed E-state index contributed by atoms with van der Waals surface area (Å²) in [5.41, 5.74) is 6.82. The number of carbonyl (C=O) groups is 1. The van der Waals surface area contributed by atoms with Crippen LogP contribution in [0.3, 0.4) is 0 Å². The second-order valence-corrected chi connectivity index (χ2v) is 7.07. The fraction of sp³-hybridized carbons (Fsp3) is 0.667. The molecule has 21 heavy (non-hydrogen) atoms. The maximum Gasteiger partial charge on any atom is 0.268 e. The number of carbonyl (C=O) groups excluding carboxylic acids is 1. The SMILES string of the molecule is CC(C)n1cc(Br)cc1C(=O)NCC1(N)CCCCC1.Cl. The Kier molecular flexibility index (Phi) is 6.75. The molecular formula is C15H25BrClN3O. The Morgan fingerprint density at radius 2 is 2.05 bits per heavy atom. The molecule has 1 amide bonds. The molecule has 120 valence electrons. The Hall–Kier alpha value is -0.520. The summed E-state index contributed by atoms with van der Waals surface area (Å²) in [6.07, 6.45) is 7.54. The summed E-state index contributed by atoms with van der Waals surface area (Å²) in [6.45, 7) is 4.69. The lowest BCUT2D eigenvalue weighted by Crippen LogP contribution is -2.51. The van der Waals surface area contributed by atoms with Gasteiger partial charge < -0.3 is 15.6 Å². The molecule has 0 aromatic carbocycles. The Bertz CT molecular complexity index is 481. The highest BCUT2D eigenvalue weighted by atomic mass is 79.9. The normalized spacial score (nSPS) is 17.4. The van der Waals surface area contributed by atoms with Crippen LogP contribution in [0.4, 0.5) is 0 Å². The largest absolute Gasteiger partial charge is 0.349 e. The molecule has 1 aliphatic rings. The van der Waals surface area contributed by atoms with E-state index in [1.54, 1.807) is 0 Å². The lowest BCUT2D eigenvalue weighted by molar-refractivity contribution is 0.0927. The van der Waals surface area contributed by atoms with Crippen molar-refractivity contribution in [3.8, 4) is 0 Å². The summed E-state index contributed by atoms with van der Waals surface area (Å²) >= 11 is 3.43. The molecule has 1 aliphatic carbocycles. The van der Waals surface area contributed by atoms with Crippen LogP contribution >= 0.6 is 28.3 Å². The Balaban J connectivity index is 0.00000220. The van der Waals surface area contributed by atoms with Gasteiger partial charge in [-0.05, 0) is 48.7 Å². The number of nitrogens with one attached hydrogen (secondary N) is 1. The lowest BCUT2D eigenvalue weighted by Gasteiger charge is -2.33. The van der Waals surface area contributed by atoms with E-state index in [2.05, 4.69) is 35.1 Å². The van der Waals surface area contributed by atoms with Gasteiger partial charge in [0.05, 0.1) is 0 Å². The molecule has 4 nitrogen and oxygen atoms in total. The first-order chi connectivity index (χ1) is 9.41. The molecule has 0 radical (unpaired) electrons. The predicted octanol–water partition coefficient (Wildman–Crippen LogP) is 3.64. The number of hydrogen-bond donors (Lipinski definition) is 2. The van der Waals surface area contributed by atoms with E-state index in [-0.39, 0.29) is 29.9 Å². The van der Waals surface area contributed by atoms with E-state index >= 15 is 0 Å². The first-order valence-corrected chi connectivity index (χ1v) is 8.15. The van der Waals surface area contributed by atoms with Gasteiger partial charge in [-0.25, -0.2) is 0 Å². The number of amides is 1. The fourth-order valence-electron chi connectivity index (χ4n) is 2.83. The van der Waals surface area contributed by atoms with Gasteiger partial charge in [0, 0.05) is 28.8 Å². The van der Waals surface area contributed by atoms with E-state index in [9.17, 15) is 4.79 Å². The standard InChI is InChI=1S/C15H24BrN3O.ClH/c1-11(2)19-9-12(16)8-13(19)14(20)18-10-15(17)6-4-3-5-7-15;/h8-9,11H,3-7,10,17H2,1-2H3,(H,18,20);1H. The summed E-state index contributed by atoms with van der Waals surface area (Å²) in [4.78, 5) is 12.4. The molecule has 1 heterocycles. The van der Waals surface area contributed by atoms with Crippen molar-refractivity contribution in [1.82, 2.24) is 9.88 Å². The molecule has 0 saturated heterocycles. The van der Waals surface area contributed by atoms with Crippen molar-refractivity contribution in [3.63, 3.8) is 0 Å². The van der Waals surface area contributed by atoms with Crippen LogP contribution in [-0.2, 0) is 0 Å². The summed E-state index contributed by atoms with van der Waals surface area (Å²) in [5.74, 6) is -0.0419. The maximum absolute atomic E-state index is 12.4. The zero-order chi connectivity index (χ0) is 14.8. The topological polar surface area (TPSA) is 60.0 Å². The summed E-state index contributed by atoms with van der Waals surface area (Å²) in [5, 5.41) is 3.01. The third-order valence-electron chi connectivity index (χ3n) is 4.05. The molecule has 3 N–H and O–H groups in total. The second kappa shape index (κ2) is 7.65. The molecule has 0 spiro atoms. The molecule has 1 aromatic heterocycles. The molecule has 1 aromatic rings. The third kappa shape index (κ3) is 4.73. The van der Waals surface area contributed by atoms with Gasteiger partial charge >= 0.3 is 0 Å². The Labute approximate surface area is 141 Å². The van der Waals surface area contributed by atoms with Crippen LogP contribution in [0.2, 0.25) is 0 Å². The van der Waals surface area contributed by atoms with Crippen LogP contribution in [0, 0.1) is 0 Å². The van der Waals surface area contributed by atoms with E-state index < -0.39 is 0 Å². The second-order valence-electron chi connectivity index (χ2n) is 6.15. The molecule has 1 fully saturated rings. The van der Waals surface area contributed by atoms with E-state index in [0.29, 0.717) is 12.2 Å². The van der Waals surface area contributed by atoms with Gasteiger partial charge in [0.15, 0.2) is 0 Å². The van der Waals surface area contributed by atoms with Crippen molar-refractivity contribution in [3.05, 3.63) is 22.4 Å². The van der Waals surface area contributed by atoms with Gasteiger partial charge in [-0.15, -0.1) is 12.4 Å². The van der Waals surface area contributed by atoms with Crippen molar-refractivity contribution >= 4 is 34.2 Å². The van der Waals surface area contributed by atoms with Crippen molar-refractivity contribution in [2.75, 3.05) is 6.54 Å². The van der Waals surface area contributed by atoms with Crippen LogP contribution in [0.1, 0.15) is 62.5 Å². The minimum atomic E-state index is -0.222. The van der Waals surface area contributed by atoms with Gasteiger partial charge in [0.1, 0.15) is 5.69 Å². The number of halogens is 2. The van der Waals surface area contributed by atoms with E-state index in [0.717, 1.165) is 17.3 Å². The molecule has 1 saturated carbocycles. The zero-order valence-corrected chi connectivity index (χ0v) is 15.1. The third-order valence-corrected chi connectivity index (χ3v) is 4.49. The average Bonchev–Trinajstić information content (AvgIpc) is 2.79. The smallest absolute Gasteiger partial charge is 0.268 e. The maximum atomic E-state index is 12.4. The summed E-state index contributed by atoms with van der Waals surface area (Å²) in [6, 6.07) is 2.11. The minimum Gasteiger partial charge on any atom is -0.349 e. The average molecular weight is 379 g/mol. The number of rotatable bonds is 4. The van der Waals surface area contributed by atoms with Crippen molar-refractivity contribution < 1.29 is 4.79 Å². The van der Waals surface area contributed by atoms with Gasteiger partial charge in [0.25, 0.3) is 5.91 Å². The predicted molar refractivity (Wildman–Crippen MR) is 92.1 cm³/mol. The molecule has 0 bridgehead atoms. The molecule has 6 heteroatoms. The number of nitrogens with two attached hydrogens (primary N) is 1. The monoisotopic (exact) mass is 377 g/mol. The number of nitrogens with zero attached hydrogens (tertiary/aromatic N) is 1. The van der Waals surface area contributed by atoms with Crippen molar-refractivity contribution in [2.24, 2.45) is 5.73 Å². The molecule has 2 rings (SSSR count). The molecule has 0 atom stereocenters. The van der Waals surface area contributed by atoms with Gasteiger partial charge in [-0.1, -0.05) is 19.3 Å². The van der Waals surface area contributed by atoms with E-state index in [4.69, 9.17) is 5.73 Å². The van der Waals surface area contributed by atoms with Crippen LogP contribution in [0.5, 0.6) is 0 Å². The van der Waals surface area contributed by atoms with Crippen molar-refractivity contribution in [2.45, 2.75) is 57.5 Å². The van der Waals surface area contributed by atoms with Crippen LogP contribution < -0.4 is 11.1 Å². The highest BCUT2D eigenvalue weighted by Crippen LogP contribution is 2.25. The lowest BCUT2D eigenvalue weighted by atomic mass is 9.82. The highest BCUT2D eigenvalue weighted by molar-refractivity contribution is 9.10. The molecule has 0 unspecified atom stereocenters. The number of hydrogen-bond acceptors (Lipinski definition) is 2. The van der Waals surface area contributed by atoms with Gasteiger partial charge in [-0.2, -0.15) is 0 Å². The molecular weight excluding hydrogens is 354 g/mol. The first kappa shape index (κ1) is 18.5. The fourth-order valence-corrected chi connectivity index (χ4v) is 3.27. The van der Waals surface area contributed by atoms with Crippen LogP contribution in [0.15, 0.2) is 16.7 Å². The summed E-state index contributed by atoms with van der Waals surface area (Å²) < 4.78 is 2.90. The van der Waals surface area contributed by atoms with Crippen LogP contribution in [-0.4, -0.2) is 22.6 Å². The number of aromatic nitrogens is 1.